The first-order chi connectivity index (χ1) is 8.11. The Kier molecular flexibility index (Phi) is 3.63. The summed E-state index contributed by atoms with van der Waals surface area (Å²) in [5.41, 5.74) is 0. The molecule has 3 unspecified atom stereocenters. The number of carbonyl (C=O) groups is 2. The number of carboxylic acids is 1. The van der Waals surface area contributed by atoms with Gasteiger partial charge in [0.1, 0.15) is 0 Å². The number of aliphatic hydroxyl groups is 1. The van der Waals surface area contributed by atoms with Gasteiger partial charge in [-0.1, -0.05) is 6.42 Å². The lowest BCUT2D eigenvalue weighted by Gasteiger charge is -2.39. The first-order valence-corrected chi connectivity index (χ1v) is 5.91. The molecule has 1 saturated carbocycles. The highest BCUT2D eigenvalue weighted by atomic mass is 16.5. The summed E-state index contributed by atoms with van der Waals surface area (Å²) in [6.07, 6.45) is 2.00. The zero-order chi connectivity index (χ0) is 12.4. The Morgan fingerprint density at radius 3 is 2.65 bits per heavy atom. The Hall–Kier alpha value is -1.14. The molecule has 0 radical (unpaired) electrons. The zero-order valence-electron chi connectivity index (χ0n) is 9.54. The minimum absolute atomic E-state index is 0.0569. The molecule has 96 valence electrons. The molecule has 1 saturated heterocycles. The lowest BCUT2D eigenvalue weighted by molar-refractivity contribution is -0.162. The van der Waals surface area contributed by atoms with Gasteiger partial charge >= 0.3 is 11.9 Å². The molecular formula is C11H17NO5. The van der Waals surface area contributed by atoms with Crippen molar-refractivity contribution >= 4 is 11.9 Å². The van der Waals surface area contributed by atoms with E-state index in [-0.39, 0.29) is 12.0 Å². The van der Waals surface area contributed by atoms with Crippen molar-refractivity contribution in [2.45, 2.75) is 31.4 Å². The van der Waals surface area contributed by atoms with Crippen LogP contribution in [0.15, 0.2) is 0 Å². The van der Waals surface area contributed by atoms with Gasteiger partial charge in [0.15, 0.2) is 0 Å². The van der Waals surface area contributed by atoms with Crippen LogP contribution in [0, 0.1) is 5.92 Å². The number of carboxylic acid groups (broad SMARTS) is 1. The number of aliphatic carboxylic acids is 1. The largest absolute Gasteiger partial charge is 0.474 e. The molecule has 2 aliphatic rings. The number of rotatable bonds is 1. The lowest BCUT2D eigenvalue weighted by Crippen LogP contribution is -2.55. The second-order valence-electron chi connectivity index (χ2n) is 4.61. The number of carbonyl (C=O) groups excluding carboxylic acids is 1. The molecule has 0 spiro atoms. The Bertz CT molecular complexity index is 319. The van der Waals surface area contributed by atoms with Crippen molar-refractivity contribution in [2.24, 2.45) is 5.92 Å². The van der Waals surface area contributed by atoms with E-state index in [0.717, 1.165) is 19.3 Å². The summed E-state index contributed by atoms with van der Waals surface area (Å²) in [5.74, 6) is -2.39. The van der Waals surface area contributed by atoms with Gasteiger partial charge in [0.25, 0.3) is 0 Å². The summed E-state index contributed by atoms with van der Waals surface area (Å²) in [4.78, 5) is 23.6. The second-order valence-corrected chi connectivity index (χ2v) is 4.61. The molecule has 17 heavy (non-hydrogen) atoms. The number of hydrogen-bond acceptors (Lipinski definition) is 4. The SMILES string of the molecule is O=C(O)C(=O)N1CCOCC1C1CCCC1O. The fourth-order valence-corrected chi connectivity index (χ4v) is 2.77. The van der Waals surface area contributed by atoms with Gasteiger partial charge in [-0.2, -0.15) is 0 Å². The van der Waals surface area contributed by atoms with Crippen molar-refractivity contribution in [3.8, 4) is 0 Å². The summed E-state index contributed by atoms with van der Waals surface area (Å²) in [6.45, 7) is 0.970. The quantitative estimate of drug-likeness (QED) is 0.604. The third-order valence-corrected chi connectivity index (χ3v) is 3.64. The molecule has 0 aromatic rings. The smallest absolute Gasteiger partial charge is 0.394 e. The first kappa shape index (κ1) is 12.3. The van der Waals surface area contributed by atoms with Gasteiger partial charge in [-0.15, -0.1) is 0 Å². The van der Waals surface area contributed by atoms with E-state index in [4.69, 9.17) is 9.84 Å². The standard InChI is InChI=1S/C11H17NO5/c13-9-3-1-2-7(9)8-6-17-5-4-12(8)10(14)11(15)16/h7-9,13H,1-6H2,(H,15,16). The summed E-state index contributed by atoms with van der Waals surface area (Å²) in [6, 6.07) is -0.301. The van der Waals surface area contributed by atoms with E-state index in [1.807, 2.05) is 0 Å². The van der Waals surface area contributed by atoms with Crippen molar-refractivity contribution < 1.29 is 24.5 Å². The van der Waals surface area contributed by atoms with Gasteiger partial charge < -0.3 is 19.8 Å². The average Bonchev–Trinajstić information content (AvgIpc) is 2.74. The Morgan fingerprint density at radius 2 is 2.06 bits per heavy atom. The average molecular weight is 243 g/mol. The Balaban J connectivity index is 2.11. The third-order valence-electron chi connectivity index (χ3n) is 3.64. The maximum Gasteiger partial charge on any atom is 0.394 e. The van der Waals surface area contributed by atoms with Crippen LogP contribution in [0.5, 0.6) is 0 Å². The van der Waals surface area contributed by atoms with Gasteiger partial charge in [0.2, 0.25) is 0 Å². The molecule has 0 bridgehead atoms. The van der Waals surface area contributed by atoms with Crippen LogP contribution in [0.25, 0.3) is 0 Å². The molecule has 1 aliphatic carbocycles. The summed E-state index contributed by atoms with van der Waals surface area (Å²) < 4.78 is 5.31. The van der Waals surface area contributed by atoms with Crippen molar-refractivity contribution in [3.05, 3.63) is 0 Å². The van der Waals surface area contributed by atoms with Crippen LogP contribution in [0.1, 0.15) is 19.3 Å². The molecule has 1 aliphatic heterocycles. The van der Waals surface area contributed by atoms with Crippen molar-refractivity contribution in [2.75, 3.05) is 19.8 Å². The van der Waals surface area contributed by atoms with Gasteiger partial charge in [0, 0.05) is 12.5 Å². The van der Waals surface area contributed by atoms with E-state index in [1.165, 1.54) is 4.90 Å². The summed E-state index contributed by atoms with van der Waals surface area (Å²) in [7, 11) is 0. The molecule has 1 amide bonds. The number of nitrogens with zero attached hydrogens (tertiary/aromatic N) is 1. The van der Waals surface area contributed by atoms with Gasteiger partial charge in [0.05, 0.1) is 25.4 Å². The minimum Gasteiger partial charge on any atom is -0.474 e. The topological polar surface area (TPSA) is 87.1 Å². The van der Waals surface area contributed by atoms with E-state index >= 15 is 0 Å². The van der Waals surface area contributed by atoms with Crippen LogP contribution in [0.4, 0.5) is 0 Å². The van der Waals surface area contributed by atoms with Crippen LogP contribution in [-0.4, -0.2) is 58.9 Å². The first-order valence-electron chi connectivity index (χ1n) is 5.91. The van der Waals surface area contributed by atoms with Crippen LogP contribution < -0.4 is 0 Å². The normalized spacial score (nSPS) is 33.7. The number of morpholine rings is 1. The maximum absolute atomic E-state index is 11.6. The van der Waals surface area contributed by atoms with Crippen LogP contribution in [0.3, 0.4) is 0 Å². The number of ether oxygens (including phenoxy) is 1. The minimum atomic E-state index is -1.44. The Morgan fingerprint density at radius 1 is 1.29 bits per heavy atom. The molecular weight excluding hydrogens is 226 g/mol. The van der Waals surface area contributed by atoms with Gasteiger partial charge in [-0.3, -0.25) is 4.79 Å². The van der Waals surface area contributed by atoms with Crippen molar-refractivity contribution in [1.29, 1.82) is 0 Å². The molecule has 6 nitrogen and oxygen atoms in total. The highest BCUT2D eigenvalue weighted by molar-refractivity contribution is 6.31. The third kappa shape index (κ3) is 2.42. The highest BCUT2D eigenvalue weighted by Gasteiger charge is 2.40. The predicted molar refractivity (Wildman–Crippen MR) is 57.3 cm³/mol. The monoisotopic (exact) mass is 243 g/mol. The molecule has 0 aromatic carbocycles. The molecule has 0 aromatic heterocycles. The maximum atomic E-state index is 11.6. The van der Waals surface area contributed by atoms with E-state index in [9.17, 15) is 14.7 Å². The molecule has 2 fully saturated rings. The van der Waals surface area contributed by atoms with Gasteiger partial charge in [-0.25, -0.2) is 4.79 Å². The molecule has 3 atom stereocenters. The van der Waals surface area contributed by atoms with Crippen LogP contribution >= 0.6 is 0 Å². The highest BCUT2D eigenvalue weighted by Crippen LogP contribution is 2.32. The molecule has 6 heteroatoms. The van der Waals surface area contributed by atoms with Gasteiger partial charge in [-0.05, 0) is 12.8 Å². The predicted octanol–water partition coefficient (Wildman–Crippen LogP) is -0.541. The number of hydrogen-bond donors (Lipinski definition) is 2. The number of amides is 1. The number of aliphatic hydroxyl groups excluding tert-OH is 1. The second kappa shape index (κ2) is 5.01. The lowest BCUT2D eigenvalue weighted by atomic mass is 9.94. The van der Waals surface area contributed by atoms with E-state index in [2.05, 4.69) is 0 Å². The van der Waals surface area contributed by atoms with Crippen LogP contribution in [-0.2, 0) is 14.3 Å². The van der Waals surface area contributed by atoms with Crippen molar-refractivity contribution in [3.63, 3.8) is 0 Å². The summed E-state index contributed by atoms with van der Waals surface area (Å²) in [5, 5.41) is 18.6. The van der Waals surface area contributed by atoms with E-state index in [0.29, 0.717) is 19.8 Å². The van der Waals surface area contributed by atoms with Crippen molar-refractivity contribution in [1.82, 2.24) is 4.90 Å². The Labute approximate surface area is 99.2 Å². The van der Waals surface area contributed by atoms with E-state index in [1.54, 1.807) is 0 Å². The molecule has 1 heterocycles. The molecule has 2 rings (SSSR count). The fraction of sp³-hybridized carbons (Fsp3) is 0.818. The zero-order valence-corrected chi connectivity index (χ0v) is 9.54. The molecule has 2 N–H and O–H groups in total. The fourth-order valence-electron chi connectivity index (χ4n) is 2.77. The van der Waals surface area contributed by atoms with E-state index < -0.39 is 18.0 Å². The summed E-state index contributed by atoms with van der Waals surface area (Å²) >= 11 is 0. The van der Waals surface area contributed by atoms with Crippen LogP contribution in [0.2, 0.25) is 0 Å².